The first-order valence-corrected chi connectivity index (χ1v) is 14.7. The predicted molar refractivity (Wildman–Crippen MR) is 137 cm³/mol. The minimum absolute atomic E-state index is 0.0422. The van der Waals surface area contributed by atoms with Gasteiger partial charge in [0.2, 0.25) is 15.9 Å². The van der Waals surface area contributed by atoms with Crippen LogP contribution in [-0.2, 0) is 27.8 Å². The first-order valence-electron chi connectivity index (χ1n) is 12.3. The molecule has 8 heteroatoms. The minimum atomic E-state index is -3.61. The molecule has 3 aliphatic heterocycles. The van der Waals surface area contributed by atoms with Crippen LogP contribution in [-0.4, -0.2) is 62.0 Å². The third kappa shape index (κ3) is 4.91. The Labute approximate surface area is 207 Å². The van der Waals surface area contributed by atoms with Crippen molar-refractivity contribution in [2.24, 2.45) is 5.92 Å². The Hall–Kier alpha value is -1.87. The highest BCUT2D eigenvalue weighted by Gasteiger charge is 2.32. The van der Waals surface area contributed by atoms with Crippen molar-refractivity contribution in [3.63, 3.8) is 0 Å². The number of benzene rings is 2. The van der Waals surface area contributed by atoms with Crippen LogP contribution >= 0.6 is 11.8 Å². The number of hydrogen-bond acceptors (Lipinski definition) is 5. The number of carbonyl (C=O) groups excluding carboxylic acids is 1. The third-order valence-electron chi connectivity index (χ3n) is 7.23. The SMILES string of the molecule is CC(=O)N1CCCSc2ccc(S(=O)(=O)N3CCC[C@H](CN4CCc5ccccc5C4)C3)cc21. The second kappa shape index (κ2) is 10.0. The fraction of sp³-hybridized carbons (Fsp3) is 0.500. The van der Waals surface area contributed by atoms with Gasteiger partial charge in [0.15, 0.2) is 0 Å². The number of rotatable bonds is 4. The first-order chi connectivity index (χ1) is 16.4. The van der Waals surface area contributed by atoms with Crippen molar-refractivity contribution in [3.05, 3.63) is 53.6 Å². The Morgan fingerprint density at radius 1 is 1.06 bits per heavy atom. The molecule has 1 fully saturated rings. The normalized spacial score (nSPS) is 22.0. The summed E-state index contributed by atoms with van der Waals surface area (Å²) in [7, 11) is -3.61. The number of nitrogens with zero attached hydrogens (tertiary/aromatic N) is 3. The summed E-state index contributed by atoms with van der Waals surface area (Å²) in [6.07, 6.45) is 3.90. The fourth-order valence-corrected chi connectivity index (χ4v) is 8.01. The van der Waals surface area contributed by atoms with Crippen LogP contribution in [0.2, 0.25) is 0 Å². The summed E-state index contributed by atoms with van der Waals surface area (Å²) in [5.41, 5.74) is 3.57. The first kappa shape index (κ1) is 23.9. The average molecular weight is 500 g/mol. The van der Waals surface area contributed by atoms with Crippen LogP contribution in [0.15, 0.2) is 52.3 Å². The summed E-state index contributed by atoms with van der Waals surface area (Å²) in [6.45, 7) is 6.21. The van der Waals surface area contributed by atoms with E-state index in [-0.39, 0.29) is 5.91 Å². The molecule has 3 aliphatic rings. The van der Waals surface area contributed by atoms with Gasteiger partial charge in [0, 0.05) is 51.1 Å². The molecule has 2 aromatic carbocycles. The lowest BCUT2D eigenvalue weighted by Gasteiger charge is -2.36. The predicted octanol–water partition coefficient (Wildman–Crippen LogP) is 3.99. The van der Waals surface area contributed by atoms with Gasteiger partial charge in [-0.2, -0.15) is 4.31 Å². The smallest absolute Gasteiger partial charge is 0.243 e. The van der Waals surface area contributed by atoms with Gasteiger partial charge in [-0.3, -0.25) is 9.69 Å². The lowest BCUT2D eigenvalue weighted by Crippen LogP contribution is -2.44. The van der Waals surface area contributed by atoms with Gasteiger partial charge in [-0.15, -0.1) is 11.8 Å². The van der Waals surface area contributed by atoms with Crippen molar-refractivity contribution >= 4 is 33.4 Å². The van der Waals surface area contributed by atoms with Gasteiger partial charge in [-0.25, -0.2) is 8.42 Å². The van der Waals surface area contributed by atoms with E-state index in [0.29, 0.717) is 30.4 Å². The molecule has 0 saturated carbocycles. The molecular weight excluding hydrogens is 466 g/mol. The van der Waals surface area contributed by atoms with Crippen LogP contribution in [0.25, 0.3) is 0 Å². The summed E-state index contributed by atoms with van der Waals surface area (Å²) >= 11 is 1.69. The number of thioether (sulfide) groups is 1. The van der Waals surface area contributed by atoms with Crippen molar-refractivity contribution in [2.75, 3.05) is 43.4 Å². The van der Waals surface area contributed by atoms with E-state index in [2.05, 4.69) is 29.2 Å². The molecule has 0 unspecified atom stereocenters. The van der Waals surface area contributed by atoms with E-state index < -0.39 is 10.0 Å². The minimum Gasteiger partial charge on any atom is -0.311 e. The summed E-state index contributed by atoms with van der Waals surface area (Å²) in [5.74, 6) is 1.22. The molecule has 0 radical (unpaired) electrons. The molecule has 34 heavy (non-hydrogen) atoms. The zero-order valence-electron chi connectivity index (χ0n) is 19.8. The molecule has 0 N–H and O–H groups in total. The van der Waals surface area contributed by atoms with E-state index in [4.69, 9.17) is 0 Å². The van der Waals surface area contributed by atoms with E-state index in [0.717, 1.165) is 61.7 Å². The monoisotopic (exact) mass is 499 g/mol. The molecule has 0 aromatic heterocycles. The Kier molecular flexibility index (Phi) is 7.02. The molecule has 0 spiro atoms. The van der Waals surface area contributed by atoms with Crippen LogP contribution in [0.3, 0.4) is 0 Å². The average Bonchev–Trinajstić information content (AvgIpc) is 3.06. The van der Waals surface area contributed by atoms with E-state index >= 15 is 0 Å². The topological polar surface area (TPSA) is 60.9 Å². The number of carbonyl (C=O) groups is 1. The maximum Gasteiger partial charge on any atom is 0.243 e. The van der Waals surface area contributed by atoms with Gasteiger partial charge >= 0.3 is 0 Å². The van der Waals surface area contributed by atoms with Crippen LogP contribution in [0, 0.1) is 5.92 Å². The third-order valence-corrected chi connectivity index (χ3v) is 10.2. The molecule has 1 atom stereocenters. The Morgan fingerprint density at radius 3 is 2.71 bits per heavy atom. The van der Waals surface area contributed by atoms with Gasteiger partial charge in [0.05, 0.1) is 10.6 Å². The lowest BCUT2D eigenvalue weighted by molar-refractivity contribution is -0.116. The van der Waals surface area contributed by atoms with Crippen molar-refractivity contribution in [3.8, 4) is 0 Å². The van der Waals surface area contributed by atoms with Crippen molar-refractivity contribution in [2.45, 2.75) is 48.9 Å². The lowest BCUT2D eigenvalue weighted by atomic mass is 9.95. The second-order valence-corrected chi connectivity index (χ2v) is 12.7. The van der Waals surface area contributed by atoms with Crippen LogP contribution < -0.4 is 4.90 Å². The largest absolute Gasteiger partial charge is 0.311 e. The maximum absolute atomic E-state index is 13.6. The zero-order chi connectivity index (χ0) is 23.7. The molecule has 5 rings (SSSR count). The van der Waals surface area contributed by atoms with Gasteiger partial charge < -0.3 is 4.90 Å². The number of sulfonamides is 1. The van der Waals surface area contributed by atoms with Gasteiger partial charge in [0.1, 0.15) is 0 Å². The molecule has 1 amide bonds. The highest BCUT2D eigenvalue weighted by Crippen LogP contribution is 2.37. The summed E-state index contributed by atoms with van der Waals surface area (Å²) in [5, 5.41) is 0. The van der Waals surface area contributed by atoms with Gasteiger partial charge in [-0.1, -0.05) is 24.3 Å². The van der Waals surface area contributed by atoms with E-state index in [1.165, 1.54) is 11.1 Å². The van der Waals surface area contributed by atoms with Crippen LogP contribution in [0.5, 0.6) is 0 Å². The number of hydrogen-bond donors (Lipinski definition) is 0. The van der Waals surface area contributed by atoms with Crippen molar-refractivity contribution in [1.82, 2.24) is 9.21 Å². The number of anilines is 1. The number of fused-ring (bicyclic) bond motifs is 2. The maximum atomic E-state index is 13.6. The highest BCUT2D eigenvalue weighted by molar-refractivity contribution is 7.99. The molecular formula is C26H33N3O3S2. The van der Waals surface area contributed by atoms with Crippen molar-refractivity contribution < 1.29 is 13.2 Å². The zero-order valence-corrected chi connectivity index (χ0v) is 21.4. The van der Waals surface area contributed by atoms with Gasteiger partial charge in [0.25, 0.3) is 0 Å². The molecule has 6 nitrogen and oxygen atoms in total. The molecule has 2 aromatic rings. The fourth-order valence-electron chi connectivity index (χ4n) is 5.46. The summed E-state index contributed by atoms with van der Waals surface area (Å²) < 4.78 is 28.9. The Morgan fingerprint density at radius 2 is 1.88 bits per heavy atom. The highest BCUT2D eigenvalue weighted by atomic mass is 32.2. The van der Waals surface area contributed by atoms with E-state index in [9.17, 15) is 13.2 Å². The summed E-state index contributed by atoms with van der Waals surface area (Å²) in [4.78, 5) is 17.7. The molecule has 0 aliphatic carbocycles. The molecule has 3 heterocycles. The van der Waals surface area contributed by atoms with E-state index in [1.807, 2.05) is 6.07 Å². The van der Waals surface area contributed by atoms with Crippen molar-refractivity contribution in [1.29, 1.82) is 0 Å². The Bertz CT molecular complexity index is 1170. The second-order valence-electron chi connectivity index (χ2n) is 9.63. The standard InChI is InChI=1S/C26H33N3O3S2/c1-20(30)29-13-5-15-33-26-10-9-24(16-25(26)29)34(31,32)28-12-4-6-21(18-28)17-27-14-11-22-7-2-3-8-23(22)19-27/h2-3,7-10,16,21H,4-6,11-15,17-19H2,1H3/t21-/m1/s1. The summed E-state index contributed by atoms with van der Waals surface area (Å²) in [6, 6.07) is 13.9. The molecule has 0 bridgehead atoms. The molecule has 1 saturated heterocycles. The number of amides is 1. The quantitative estimate of drug-likeness (QED) is 0.637. The molecule has 182 valence electrons. The number of piperidine rings is 1. The van der Waals surface area contributed by atoms with Gasteiger partial charge in [-0.05, 0) is 66.7 Å². The van der Waals surface area contributed by atoms with Crippen LogP contribution in [0.1, 0.15) is 37.3 Å². The van der Waals surface area contributed by atoms with Crippen LogP contribution in [0.4, 0.5) is 5.69 Å². The Balaban J connectivity index is 1.31. The van der Waals surface area contributed by atoms with E-state index in [1.54, 1.807) is 40.0 Å².